The minimum absolute atomic E-state index is 0.0403. The number of aromatic nitrogens is 4. The van der Waals surface area contributed by atoms with Gasteiger partial charge in [0, 0.05) is 81.0 Å². The maximum absolute atomic E-state index is 15.1. The number of esters is 1. The number of methoxy groups -OCH3 is 2. The van der Waals surface area contributed by atoms with Gasteiger partial charge in [-0.25, -0.2) is 28.2 Å². The molecule has 2 aromatic carbocycles. The highest BCUT2D eigenvalue weighted by molar-refractivity contribution is 5.88. The molecule has 6 rings (SSSR count). The van der Waals surface area contributed by atoms with Gasteiger partial charge in [0.2, 0.25) is 11.9 Å². The normalized spacial score (nSPS) is 16.1. The monoisotopic (exact) mass is 1130 g/mol. The van der Waals surface area contributed by atoms with Gasteiger partial charge in [0.15, 0.2) is 5.78 Å². The van der Waals surface area contributed by atoms with Gasteiger partial charge < -0.3 is 40.6 Å². The van der Waals surface area contributed by atoms with Crippen molar-refractivity contribution in [3.05, 3.63) is 95.1 Å². The van der Waals surface area contributed by atoms with Gasteiger partial charge in [-0.2, -0.15) is 40.2 Å². The SMILES string of the molecule is COC(=O)C[C@H](C(N)=O)C(C)(C)C(F)(F)F.COC(=O)N[C@H](C(=O)C[C@@H](Cc1ccc(C#Cc2cnc(N3CCN(C4COC4)CC3)nc2)cc1)[C@@H](O)CNCc1c(F)cc(-c2cnn(C(F)F)c2)cc1F)C(C)(C)C(F)(F)F. The molecular formula is C52H61F10N9O8. The molecular weight excluding hydrogens is 1070 g/mol. The van der Waals surface area contributed by atoms with Crippen molar-refractivity contribution in [1.29, 1.82) is 0 Å². The Kier molecular flexibility index (Phi) is 21.4. The minimum Gasteiger partial charge on any atom is -0.469 e. The van der Waals surface area contributed by atoms with Crippen molar-refractivity contribution in [2.75, 3.05) is 65.1 Å². The predicted octanol–water partition coefficient (Wildman–Crippen LogP) is 6.76. The highest BCUT2D eigenvalue weighted by atomic mass is 19.4. The van der Waals surface area contributed by atoms with Crippen LogP contribution in [0, 0.1) is 46.1 Å². The van der Waals surface area contributed by atoms with Gasteiger partial charge in [-0.1, -0.05) is 37.8 Å². The molecule has 4 heterocycles. The van der Waals surface area contributed by atoms with E-state index in [1.807, 2.05) is 5.32 Å². The van der Waals surface area contributed by atoms with E-state index in [-0.39, 0.29) is 24.1 Å². The van der Waals surface area contributed by atoms with Crippen molar-refractivity contribution in [2.24, 2.45) is 28.4 Å². The second-order valence-electron chi connectivity index (χ2n) is 19.9. The number of Topliss-reactive ketones (excluding diaryl/α,β-unsaturated/α-hetero) is 1. The van der Waals surface area contributed by atoms with E-state index in [1.165, 1.54) is 0 Å². The van der Waals surface area contributed by atoms with E-state index in [9.17, 15) is 59.4 Å². The number of primary amides is 1. The lowest BCUT2D eigenvalue weighted by Gasteiger charge is -2.42. The van der Waals surface area contributed by atoms with Gasteiger partial charge in [0.25, 0.3) is 0 Å². The maximum atomic E-state index is 15.1. The van der Waals surface area contributed by atoms with Gasteiger partial charge in [-0.05, 0) is 61.6 Å². The minimum atomic E-state index is -4.94. The number of alkyl carbamates (subject to hydrolysis) is 1. The second kappa shape index (κ2) is 26.8. The lowest BCUT2D eigenvalue weighted by Crippen LogP contribution is -2.56. The van der Waals surface area contributed by atoms with Crippen LogP contribution in [-0.4, -0.2) is 144 Å². The topological polar surface area (TPSA) is 216 Å². The number of alkyl halides is 8. The van der Waals surface area contributed by atoms with Gasteiger partial charge in [0.1, 0.15) is 17.7 Å². The number of carbonyl (C=O) groups is 4. The average molecular weight is 1130 g/mol. The van der Waals surface area contributed by atoms with Crippen molar-refractivity contribution in [3.63, 3.8) is 0 Å². The molecule has 2 saturated heterocycles. The van der Waals surface area contributed by atoms with E-state index < -0.39 is 114 Å². The molecule has 432 valence electrons. The van der Waals surface area contributed by atoms with Gasteiger partial charge in [-0.3, -0.25) is 19.3 Å². The number of anilines is 1. The first-order valence-electron chi connectivity index (χ1n) is 24.5. The molecule has 0 unspecified atom stereocenters. The van der Waals surface area contributed by atoms with Crippen molar-refractivity contribution in [3.8, 4) is 23.0 Å². The smallest absolute Gasteiger partial charge is 0.407 e. The molecule has 27 heteroatoms. The Morgan fingerprint density at radius 1 is 0.823 bits per heavy atom. The summed E-state index contributed by atoms with van der Waals surface area (Å²) in [5.41, 5.74) is 1.07. The fraction of sp³-hybridized carbons (Fsp3) is 0.519. The van der Waals surface area contributed by atoms with Crippen LogP contribution in [0.2, 0.25) is 0 Å². The Labute approximate surface area is 448 Å². The molecule has 5 N–H and O–H groups in total. The molecule has 2 aliphatic heterocycles. The van der Waals surface area contributed by atoms with Gasteiger partial charge in [-0.15, -0.1) is 0 Å². The molecule has 4 aromatic rings. The third-order valence-electron chi connectivity index (χ3n) is 13.9. The molecule has 4 atom stereocenters. The van der Waals surface area contributed by atoms with Crippen LogP contribution in [0.4, 0.5) is 54.6 Å². The number of hydrogen-bond donors (Lipinski definition) is 4. The molecule has 2 aliphatic rings. The molecule has 0 bridgehead atoms. The number of ether oxygens (including phenoxy) is 3. The Hall–Kier alpha value is -6.89. The summed E-state index contributed by atoms with van der Waals surface area (Å²) in [6.45, 7) is 4.30. The predicted molar refractivity (Wildman–Crippen MR) is 265 cm³/mol. The number of aliphatic hydroxyl groups excluding tert-OH is 1. The largest absolute Gasteiger partial charge is 0.469 e. The molecule has 0 radical (unpaired) electrons. The third-order valence-corrected chi connectivity index (χ3v) is 13.9. The Morgan fingerprint density at radius 3 is 1.90 bits per heavy atom. The number of nitrogens with two attached hydrogens (primary N) is 1. The number of ketones is 1. The summed E-state index contributed by atoms with van der Waals surface area (Å²) in [6, 6.07) is 6.99. The number of nitrogens with one attached hydrogen (secondary N) is 2. The number of hydrogen-bond acceptors (Lipinski definition) is 14. The Balaban J connectivity index is 0.000000621. The van der Waals surface area contributed by atoms with E-state index in [2.05, 4.69) is 51.5 Å². The molecule has 2 fully saturated rings. The molecule has 0 saturated carbocycles. The third kappa shape index (κ3) is 16.6. The van der Waals surface area contributed by atoms with Crippen molar-refractivity contribution < 1.29 is 82.4 Å². The molecule has 2 aromatic heterocycles. The molecule has 0 aliphatic carbocycles. The van der Waals surface area contributed by atoms with Crippen LogP contribution in [0.1, 0.15) is 69.3 Å². The quantitative estimate of drug-likeness (QED) is 0.0409. The number of amides is 2. The Morgan fingerprint density at radius 2 is 1.41 bits per heavy atom. The lowest BCUT2D eigenvalue weighted by molar-refractivity contribution is -0.229. The van der Waals surface area contributed by atoms with Crippen molar-refractivity contribution in [1.82, 2.24) is 35.3 Å². The average Bonchev–Trinajstić information content (AvgIpc) is 3.89. The highest BCUT2D eigenvalue weighted by Gasteiger charge is 2.56. The first kappa shape index (κ1) is 62.9. The van der Waals surface area contributed by atoms with E-state index in [4.69, 9.17) is 10.5 Å². The molecule has 2 amide bonds. The standard InChI is InChI=1S/C43H47F7N8O5.C9H14F3NO3/c1-42(2,43(48,49)50)38(55-41(61)62-3)36(59)17-30(37(60)22-51-21-33-34(44)15-29(16-35(33)45)31-20-54-58(23-31)39(46)47)14-27-7-4-26(5-8-27)6-9-28-18-52-40(53-19-28)57-12-10-56(11-13-57)32-24-63-25-32;1-8(2,9(10,11)12)5(7(13)15)4-6(14)16-3/h4-5,7-8,15-16,18-20,23,30,32,37-39,51,60H,10-14,17,21-22,24-25H2,1-3H3,(H,55,61);5H,4H2,1-3H3,(H2,13,15)/t30-,37+,38-;5-/m11/s1. The lowest BCUT2D eigenvalue weighted by atomic mass is 9.76. The van der Waals surface area contributed by atoms with Crippen LogP contribution < -0.4 is 21.3 Å². The summed E-state index contributed by atoms with van der Waals surface area (Å²) in [6.07, 6.45) is -8.42. The molecule has 17 nitrogen and oxygen atoms in total. The summed E-state index contributed by atoms with van der Waals surface area (Å²) in [5, 5.41) is 19.6. The fourth-order valence-electron chi connectivity index (χ4n) is 8.37. The van der Waals surface area contributed by atoms with Crippen LogP contribution >= 0.6 is 0 Å². The van der Waals surface area contributed by atoms with E-state index >= 15 is 8.78 Å². The Bertz CT molecular complexity index is 2750. The first-order chi connectivity index (χ1) is 37.0. The summed E-state index contributed by atoms with van der Waals surface area (Å²) < 4.78 is 151. The molecule has 0 spiro atoms. The van der Waals surface area contributed by atoms with E-state index in [0.717, 1.165) is 106 Å². The zero-order valence-corrected chi connectivity index (χ0v) is 43.9. The summed E-state index contributed by atoms with van der Waals surface area (Å²) in [5.74, 6) is -1.20. The zero-order valence-electron chi connectivity index (χ0n) is 43.9. The van der Waals surface area contributed by atoms with Crippen LogP contribution in [0.25, 0.3) is 11.1 Å². The number of rotatable bonds is 20. The van der Waals surface area contributed by atoms with Crippen molar-refractivity contribution >= 4 is 29.7 Å². The molecule has 79 heavy (non-hydrogen) atoms. The summed E-state index contributed by atoms with van der Waals surface area (Å²) in [4.78, 5) is 61.2. The summed E-state index contributed by atoms with van der Waals surface area (Å²) in [7, 11) is 1.96. The van der Waals surface area contributed by atoms with Gasteiger partial charge in [0.05, 0.1) is 74.5 Å². The number of carbonyl (C=O) groups excluding carboxylic acids is 4. The van der Waals surface area contributed by atoms with Gasteiger partial charge >= 0.3 is 31.0 Å². The maximum Gasteiger partial charge on any atom is 0.407 e. The van der Waals surface area contributed by atoms with Crippen LogP contribution in [0.15, 0.2) is 61.2 Å². The number of nitrogens with zero attached hydrogens (tertiary/aromatic N) is 6. The summed E-state index contributed by atoms with van der Waals surface area (Å²) >= 11 is 0. The first-order valence-corrected chi connectivity index (χ1v) is 24.5. The number of halogens is 10. The van der Waals surface area contributed by atoms with Crippen molar-refractivity contribution in [2.45, 2.75) is 90.6 Å². The number of benzene rings is 2. The fourth-order valence-corrected chi connectivity index (χ4v) is 8.37. The van der Waals surface area contributed by atoms with Crippen LogP contribution in [0.3, 0.4) is 0 Å². The van der Waals surface area contributed by atoms with E-state index in [0.29, 0.717) is 33.4 Å². The van der Waals surface area contributed by atoms with E-state index in [1.54, 1.807) is 36.7 Å². The highest BCUT2D eigenvalue weighted by Crippen LogP contribution is 2.45. The number of aliphatic hydroxyl groups is 1. The second-order valence-corrected chi connectivity index (χ2v) is 19.9. The number of piperazine rings is 1. The van der Waals surface area contributed by atoms with Crippen LogP contribution in [-0.2, 0) is 41.6 Å². The zero-order chi connectivity index (χ0) is 58.6. The van der Waals surface area contributed by atoms with Crippen LogP contribution in [0.5, 0.6) is 0 Å².